The zero-order valence-electron chi connectivity index (χ0n) is 8.49. The zero-order chi connectivity index (χ0) is 9.97. The lowest BCUT2D eigenvalue weighted by molar-refractivity contribution is -0.111. The van der Waals surface area contributed by atoms with Gasteiger partial charge in [0.05, 0.1) is 6.54 Å². The van der Waals surface area contributed by atoms with Gasteiger partial charge in [-0.25, -0.2) is 9.98 Å². The normalized spacial score (nSPS) is 21.9. The average molecular weight is 193 g/mol. The fourth-order valence-corrected chi connectivity index (χ4v) is 1.79. The third-order valence-electron chi connectivity index (χ3n) is 2.65. The van der Waals surface area contributed by atoms with Crippen molar-refractivity contribution in [1.82, 2.24) is 4.90 Å². The minimum Gasteiger partial charge on any atom is -0.341 e. The number of guanidine groups is 1. The molecular formula is C10H15N3O. The van der Waals surface area contributed by atoms with E-state index in [1.165, 1.54) is 19.3 Å². The van der Waals surface area contributed by atoms with E-state index in [0.29, 0.717) is 12.3 Å². The van der Waals surface area contributed by atoms with Crippen LogP contribution in [-0.4, -0.2) is 42.0 Å². The standard InChI is InChI=1S/C10H15N3O/c1-8(14)9-7-11-10(12-9)13-5-3-2-4-6-13/h2-7H2,1H3. The van der Waals surface area contributed by atoms with E-state index in [0.717, 1.165) is 19.0 Å². The maximum Gasteiger partial charge on any atom is 0.221 e. The van der Waals surface area contributed by atoms with Crippen LogP contribution >= 0.6 is 0 Å². The molecule has 0 unspecified atom stereocenters. The molecule has 1 saturated heterocycles. The van der Waals surface area contributed by atoms with Crippen LogP contribution in [0.4, 0.5) is 0 Å². The first-order valence-electron chi connectivity index (χ1n) is 5.15. The van der Waals surface area contributed by atoms with Crippen molar-refractivity contribution in [3.05, 3.63) is 0 Å². The van der Waals surface area contributed by atoms with Gasteiger partial charge in [-0.1, -0.05) is 0 Å². The third kappa shape index (κ3) is 1.84. The number of Topliss-reactive ketones (excluding diaryl/α,β-unsaturated/α-hetero) is 1. The van der Waals surface area contributed by atoms with Gasteiger partial charge in [0.2, 0.25) is 5.96 Å². The smallest absolute Gasteiger partial charge is 0.221 e. The Morgan fingerprint density at radius 3 is 2.57 bits per heavy atom. The number of carbonyl (C=O) groups is 1. The summed E-state index contributed by atoms with van der Waals surface area (Å²) in [6.07, 6.45) is 3.72. The monoisotopic (exact) mass is 193 g/mol. The Morgan fingerprint density at radius 2 is 2.00 bits per heavy atom. The molecule has 1 fully saturated rings. The van der Waals surface area contributed by atoms with Crippen LogP contribution in [0.2, 0.25) is 0 Å². The highest BCUT2D eigenvalue weighted by Gasteiger charge is 2.20. The Kier molecular flexibility index (Phi) is 2.61. The van der Waals surface area contributed by atoms with Gasteiger partial charge in [-0.15, -0.1) is 0 Å². The summed E-state index contributed by atoms with van der Waals surface area (Å²) in [5, 5.41) is 0. The maximum absolute atomic E-state index is 11.1. The van der Waals surface area contributed by atoms with Crippen molar-refractivity contribution >= 4 is 17.5 Å². The molecule has 0 N–H and O–H groups in total. The molecule has 4 heteroatoms. The van der Waals surface area contributed by atoms with Gasteiger partial charge in [-0.3, -0.25) is 4.79 Å². The highest BCUT2D eigenvalue weighted by Crippen LogP contribution is 2.12. The molecule has 0 atom stereocenters. The number of ketones is 1. The summed E-state index contributed by atoms with van der Waals surface area (Å²) in [7, 11) is 0. The molecule has 2 aliphatic rings. The lowest BCUT2D eigenvalue weighted by Crippen LogP contribution is -2.34. The summed E-state index contributed by atoms with van der Waals surface area (Å²) < 4.78 is 0. The fourth-order valence-electron chi connectivity index (χ4n) is 1.79. The quantitative estimate of drug-likeness (QED) is 0.620. The van der Waals surface area contributed by atoms with E-state index < -0.39 is 0 Å². The Balaban J connectivity index is 2.02. The van der Waals surface area contributed by atoms with E-state index in [9.17, 15) is 4.79 Å². The fraction of sp³-hybridized carbons (Fsp3) is 0.700. The molecule has 2 aliphatic heterocycles. The molecule has 76 valence electrons. The van der Waals surface area contributed by atoms with Crippen molar-refractivity contribution in [2.45, 2.75) is 26.2 Å². The molecule has 0 saturated carbocycles. The van der Waals surface area contributed by atoms with E-state index in [4.69, 9.17) is 0 Å². The predicted molar refractivity (Wildman–Crippen MR) is 55.8 cm³/mol. The van der Waals surface area contributed by atoms with Gasteiger partial charge >= 0.3 is 0 Å². The zero-order valence-corrected chi connectivity index (χ0v) is 8.49. The number of rotatable bonds is 1. The average Bonchev–Trinajstić information content (AvgIpc) is 2.68. The highest BCUT2D eigenvalue weighted by molar-refractivity contribution is 6.42. The van der Waals surface area contributed by atoms with E-state index in [1.54, 1.807) is 6.92 Å². The predicted octanol–water partition coefficient (Wildman–Crippen LogP) is 0.872. The number of hydrogen-bond donors (Lipinski definition) is 0. The maximum atomic E-state index is 11.1. The van der Waals surface area contributed by atoms with Gasteiger partial charge in [0, 0.05) is 20.0 Å². The second-order valence-corrected chi connectivity index (χ2v) is 3.78. The topological polar surface area (TPSA) is 45.0 Å². The van der Waals surface area contributed by atoms with Crippen LogP contribution in [-0.2, 0) is 4.79 Å². The van der Waals surface area contributed by atoms with Crippen molar-refractivity contribution in [3.63, 3.8) is 0 Å². The number of nitrogens with zero attached hydrogens (tertiary/aromatic N) is 3. The Bertz CT molecular complexity index is 300. The lowest BCUT2D eigenvalue weighted by atomic mass is 10.1. The number of carbonyl (C=O) groups excluding carboxylic acids is 1. The third-order valence-corrected chi connectivity index (χ3v) is 2.65. The van der Waals surface area contributed by atoms with Crippen molar-refractivity contribution in [2.24, 2.45) is 9.98 Å². The van der Waals surface area contributed by atoms with Gasteiger partial charge in [0.1, 0.15) is 5.71 Å². The van der Waals surface area contributed by atoms with Gasteiger partial charge in [-0.2, -0.15) is 0 Å². The largest absolute Gasteiger partial charge is 0.341 e. The number of piperidine rings is 1. The molecule has 0 aliphatic carbocycles. The van der Waals surface area contributed by atoms with E-state index in [2.05, 4.69) is 14.9 Å². The molecule has 4 nitrogen and oxygen atoms in total. The molecule has 2 rings (SSSR count). The van der Waals surface area contributed by atoms with Crippen molar-refractivity contribution in [3.8, 4) is 0 Å². The number of likely N-dealkylation sites (tertiary alicyclic amines) is 1. The summed E-state index contributed by atoms with van der Waals surface area (Å²) in [6.45, 7) is 4.09. The molecule has 0 aromatic rings. The van der Waals surface area contributed by atoms with Gasteiger partial charge < -0.3 is 4.90 Å². The molecule has 2 heterocycles. The molecule has 0 amide bonds. The van der Waals surface area contributed by atoms with Crippen LogP contribution < -0.4 is 0 Å². The molecular weight excluding hydrogens is 178 g/mol. The summed E-state index contributed by atoms with van der Waals surface area (Å²) in [5.74, 6) is 0.815. The number of hydrogen-bond acceptors (Lipinski definition) is 4. The van der Waals surface area contributed by atoms with Gasteiger partial charge in [-0.05, 0) is 19.3 Å². The van der Waals surface area contributed by atoms with Crippen molar-refractivity contribution < 1.29 is 4.79 Å². The van der Waals surface area contributed by atoms with Crippen molar-refractivity contribution in [1.29, 1.82) is 0 Å². The minimum atomic E-state index is 0.0424. The molecule has 0 spiro atoms. The Hall–Kier alpha value is -1.19. The van der Waals surface area contributed by atoms with Crippen LogP contribution in [0.5, 0.6) is 0 Å². The second kappa shape index (κ2) is 3.90. The molecule has 0 aromatic carbocycles. The van der Waals surface area contributed by atoms with Crippen molar-refractivity contribution in [2.75, 3.05) is 19.6 Å². The Morgan fingerprint density at radius 1 is 1.29 bits per heavy atom. The van der Waals surface area contributed by atoms with Crippen LogP contribution in [0.25, 0.3) is 0 Å². The number of aliphatic imine (C=N–C) groups is 2. The van der Waals surface area contributed by atoms with Crippen LogP contribution in [0, 0.1) is 0 Å². The first-order chi connectivity index (χ1) is 6.77. The lowest BCUT2D eigenvalue weighted by Gasteiger charge is -2.26. The molecule has 0 bridgehead atoms. The first kappa shape index (κ1) is 9.37. The SMILES string of the molecule is CC(=O)C1=NC(N2CCCCC2)=NC1. The van der Waals surface area contributed by atoms with Gasteiger partial charge in [0.15, 0.2) is 5.78 Å². The summed E-state index contributed by atoms with van der Waals surface area (Å²) in [4.78, 5) is 21.8. The summed E-state index contributed by atoms with van der Waals surface area (Å²) in [5.41, 5.74) is 0.602. The molecule has 0 aromatic heterocycles. The Labute approximate surface area is 83.7 Å². The van der Waals surface area contributed by atoms with Crippen LogP contribution in [0.1, 0.15) is 26.2 Å². The van der Waals surface area contributed by atoms with E-state index >= 15 is 0 Å². The molecule has 14 heavy (non-hydrogen) atoms. The van der Waals surface area contributed by atoms with E-state index in [1.807, 2.05) is 0 Å². The van der Waals surface area contributed by atoms with E-state index in [-0.39, 0.29) is 5.78 Å². The van der Waals surface area contributed by atoms with Crippen LogP contribution in [0.15, 0.2) is 9.98 Å². The summed E-state index contributed by atoms with van der Waals surface area (Å²) in [6, 6.07) is 0. The first-order valence-corrected chi connectivity index (χ1v) is 5.15. The highest BCUT2D eigenvalue weighted by atomic mass is 16.1. The minimum absolute atomic E-state index is 0.0424. The molecule has 0 radical (unpaired) electrons. The van der Waals surface area contributed by atoms with Gasteiger partial charge in [0.25, 0.3) is 0 Å². The second-order valence-electron chi connectivity index (χ2n) is 3.78. The van der Waals surface area contributed by atoms with Crippen LogP contribution in [0.3, 0.4) is 0 Å². The summed E-state index contributed by atoms with van der Waals surface area (Å²) >= 11 is 0.